The number of hydrogen-bond donors (Lipinski definition) is 0. The summed E-state index contributed by atoms with van der Waals surface area (Å²) in [6.45, 7) is 9.01. The van der Waals surface area contributed by atoms with Gasteiger partial charge in [0.25, 0.3) is 0 Å². The molecular weight excluding hydrogens is 184 g/mol. The van der Waals surface area contributed by atoms with E-state index in [0.29, 0.717) is 0 Å². The predicted molar refractivity (Wildman–Crippen MR) is 65.0 cm³/mol. The lowest BCUT2D eigenvalue weighted by Gasteiger charge is -2.02. The van der Waals surface area contributed by atoms with Gasteiger partial charge in [-0.15, -0.1) is 0 Å². The van der Waals surface area contributed by atoms with Crippen LogP contribution in [0, 0.1) is 11.8 Å². The first-order valence-electron chi connectivity index (χ1n) is 6.15. The van der Waals surface area contributed by atoms with E-state index in [2.05, 4.69) is 39.8 Å². The molecule has 1 heteroatoms. The fraction of sp³-hybridized carbons (Fsp3) is 0.714. The van der Waals surface area contributed by atoms with Crippen LogP contribution in [0.1, 0.15) is 52.1 Å². The quantitative estimate of drug-likeness (QED) is 0.673. The van der Waals surface area contributed by atoms with E-state index >= 15 is 0 Å². The normalized spacial score (nSPS) is 11.6. The largest absolute Gasteiger partial charge is 0.466 e. The Kier molecular flexibility index (Phi) is 4.93. The van der Waals surface area contributed by atoms with E-state index in [-0.39, 0.29) is 0 Å². The second kappa shape index (κ2) is 5.99. The minimum atomic E-state index is 0.759. The minimum absolute atomic E-state index is 0.759. The van der Waals surface area contributed by atoms with E-state index < -0.39 is 0 Å². The third-order valence-corrected chi connectivity index (χ3v) is 2.65. The van der Waals surface area contributed by atoms with E-state index in [4.69, 9.17) is 4.42 Å². The number of rotatable bonds is 6. The van der Waals surface area contributed by atoms with Crippen LogP contribution in [0.5, 0.6) is 0 Å². The summed E-state index contributed by atoms with van der Waals surface area (Å²) in [5.41, 5.74) is 0. The highest BCUT2D eigenvalue weighted by Gasteiger charge is 2.04. The first kappa shape index (κ1) is 12.4. The van der Waals surface area contributed by atoms with E-state index in [0.717, 1.165) is 36.2 Å². The van der Waals surface area contributed by atoms with Crippen molar-refractivity contribution in [2.24, 2.45) is 11.8 Å². The van der Waals surface area contributed by atoms with Crippen molar-refractivity contribution >= 4 is 0 Å². The van der Waals surface area contributed by atoms with Crippen molar-refractivity contribution in [3.63, 3.8) is 0 Å². The molecule has 0 atom stereocenters. The number of furan rings is 1. The highest BCUT2D eigenvalue weighted by atomic mass is 16.3. The van der Waals surface area contributed by atoms with Crippen molar-refractivity contribution < 1.29 is 4.42 Å². The van der Waals surface area contributed by atoms with Gasteiger partial charge in [-0.3, -0.25) is 0 Å². The molecule has 0 aliphatic heterocycles. The molecule has 0 unspecified atom stereocenters. The van der Waals surface area contributed by atoms with E-state index in [9.17, 15) is 0 Å². The van der Waals surface area contributed by atoms with Crippen LogP contribution in [0.15, 0.2) is 16.5 Å². The van der Waals surface area contributed by atoms with Gasteiger partial charge >= 0.3 is 0 Å². The summed E-state index contributed by atoms with van der Waals surface area (Å²) < 4.78 is 5.78. The van der Waals surface area contributed by atoms with Crippen LogP contribution in [0.2, 0.25) is 0 Å². The third-order valence-electron chi connectivity index (χ3n) is 2.65. The monoisotopic (exact) mass is 208 g/mol. The summed E-state index contributed by atoms with van der Waals surface area (Å²) in [5, 5.41) is 0. The van der Waals surface area contributed by atoms with Crippen molar-refractivity contribution in [2.75, 3.05) is 0 Å². The van der Waals surface area contributed by atoms with Gasteiger partial charge < -0.3 is 4.42 Å². The smallest absolute Gasteiger partial charge is 0.104 e. The average molecular weight is 208 g/mol. The standard InChI is InChI=1S/C14H24O/c1-11(2)5-7-13-9-10-14(15-13)8-6-12(3)4/h9-12H,5-8H2,1-4H3. The van der Waals surface area contributed by atoms with E-state index in [1.165, 1.54) is 12.8 Å². The van der Waals surface area contributed by atoms with Crippen LogP contribution in [0.4, 0.5) is 0 Å². The van der Waals surface area contributed by atoms with Gasteiger partial charge in [0.2, 0.25) is 0 Å². The molecule has 1 nitrogen and oxygen atoms in total. The van der Waals surface area contributed by atoms with Gasteiger partial charge in [-0.1, -0.05) is 27.7 Å². The Morgan fingerprint density at radius 1 is 0.867 bits per heavy atom. The Hall–Kier alpha value is -0.720. The Morgan fingerprint density at radius 2 is 1.27 bits per heavy atom. The van der Waals surface area contributed by atoms with Gasteiger partial charge in [0.1, 0.15) is 11.5 Å². The zero-order valence-corrected chi connectivity index (χ0v) is 10.5. The zero-order valence-electron chi connectivity index (χ0n) is 10.5. The number of hydrogen-bond acceptors (Lipinski definition) is 1. The molecule has 1 rings (SSSR count). The molecule has 1 aromatic heterocycles. The SMILES string of the molecule is CC(C)CCc1ccc(CCC(C)C)o1. The summed E-state index contributed by atoms with van der Waals surface area (Å²) in [4.78, 5) is 0. The molecule has 0 N–H and O–H groups in total. The Labute approximate surface area is 93.9 Å². The van der Waals surface area contributed by atoms with Crippen molar-refractivity contribution in [1.29, 1.82) is 0 Å². The maximum Gasteiger partial charge on any atom is 0.104 e. The molecule has 0 spiro atoms. The number of aryl methyl sites for hydroxylation is 2. The summed E-state index contributed by atoms with van der Waals surface area (Å²) in [6.07, 6.45) is 4.60. The molecule has 0 saturated carbocycles. The topological polar surface area (TPSA) is 13.1 Å². The molecule has 0 aliphatic carbocycles. The molecule has 86 valence electrons. The van der Waals surface area contributed by atoms with Crippen LogP contribution < -0.4 is 0 Å². The first-order chi connectivity index (χ1) is 7.08. The van der Waals surface area contributed by atoms with Crippen LogP contribution >= 0.6 is 0 Å². The third kappa shape index (κ3) is 5.06. The molecule has 0 bridgehead atoms. The predicted octanol–water partition coefficient (Wildman–Crippen LogP) is 4.46. The molecule has 0 fully saturated rings. The van der Waals surface area contributed by atoms with Gasteiger partial charge in [0, 0.05) is 12.8 Å². The van der Waals surface area contributed by atoms with E-state index in [1.54, 1.807) is 0 Å². The molecule has 0 radical (unpaired) electrons. The second-order valence-electron chi connectivity index (χ2n) is 5.23. The van der Waals surface area contributed by atoms with Gasteiger partial charge in [-0.25, -0.2) is 0 Å². The summed E-state index contributed by atoms with van der Waals surface area (Å²) in [6, 6.07) is 4.27. The average Bonchev–Trinajstić information content (AvgIpc) is 2.59. The molecule has 0 amide bonds. The fourth-order valence-corrected chi connectivity index (χ4v) is 1.55. The molecule has 15 heavy (non-hydrogen) atoms. The van der Waals surface area contributed by atoms with Crippen molar-refractivity contribution in [3.8, 4) is 0 Å². The Bertz CT molecular complexity index is 244. The summed E-state index contributed by atoms with van der Waals surface area (Å²) in [7, 11) is 0. The molecule has 0 aliphatic rings. The van der Waals surface area contributed by atoms with Gasteiger partial charge in [-0.2, -0.15) is 0 Å². The zero-order chi connectivity index (χ0) is 11.3. The molecule has 1 heterocycles. The van der Waals surface area contributed by atoms with Crippen molar-refractivity contribution in [1.82, 2.24) is 0 Å². The van der Waals surface area contributed by atoms with E-state index in [1.807, 2.05) is 0 Å². The van der Waals surface area contributed by atoms with Crippen LogP contribution in [0.3, 0.4) is 0 Å². The summed E-state index contributed by atoms with van der Waals surface area (Å²) >= 11 is 0. The van der Waals surface area contributed by atoms with Crippen LogP contribution in [-0.4, -0.2) is 0 Å². The molecule has 0 aromatic carbocycles. The Morgan fingerprint density at radius 3 is 1.60 bits per heavy atom. The van der Waals surface area contributed by atoms with Crippen molar-refractivity contribution in [2.45, 2.75) is 53.4 Å². The van der Waals surface area contributed by atoms with Gasteiger partial charge in [0.05, 0.1) is 0 Å². The first-order valence-corrected chi connectivity index (χ1v) is 6.15. The molecule has 0 saturated heterocycles. The highest BCUT2D eigenvalue weighted by Crippen LogP contribution is 2.15. The Balaban J connectivity index is 2.35. The van der Waals surface area contributed by atoms with Gasteiger partial charge in [0.15, 0.2) is 0 Å². The fourth-order valence-electron chi connectivity index (χ4n) is 1.55. The second-order valence-corrected chi connectivity index (χ2v) is 5.23. The maximum atomic E-state index is 5.78. The lowest BCUT2D eigenvalue weighted by molar-refractivity contribution is 0.428. The molecular formula is C14H24O. The minimum Gasteiger partial charge on any atom is -0.466 e. The highest BCUT2D eigenvalue weighted by molar-refractivity contribution is 5.07. The lowest BCUT2D eigenvalue weighted by atomic mass is 10.1. The van der Waals surface area contributed by atoms with Gasteiger partial charge in [-0.05, 0) is 36.8 Å². The van der Waals surface area contributed by atoms with Crippen LogP contribution in [-0.2, 0) is 12.8 Å². The maximum absolute atomic E-state index is 5.78. The molecule has 1 aromatic rings. The van der Waals surface area contributed by atoms with Crippen LogP contribution in [0.25, 0.3) is 0 Å². The summed E-state index contributed by atoms with van der Waals surface area (Å²) in [5.74, 6) is 3.83. The van der Waals surface area contributed by atoms with Crippen molar-refractivity contribution in [3.05, 3.63) is 23.7 Å². The lowest BCUT2D eigenvalue weighted by Crippen LogP contribution is -1.91.